The molecule has 206 valence electrons. The van der Waals surface area contributed by atoms with E-state index in [4.69, 9.17) is 0 Å². The zero-order valence-electron chi connectivity index (χ0n) is 24.3. The predicted octanol–water partition coefficient (Wildman–Crippen LogP) is 6.11. The maximum Gasteiger partial charge on any atom is 0.151 e. The highest BCUT2D eigenvalue weighted by molar-refractivity contribution is 7.16. The van der Waals surface area contributed by atoms with Gasteiger partial charge in [-0.25, -0.2) is 0 Å². The monoisotopic (exact) mass is 574 g/mol. The number of hydrogen-bond acceptors (Lipinski definition) is 0. The maximum absolute atomic E-state index is 2.53. The Morgan fingerprint density at radius 2 is 0.595 bits per heavy atom. The highest BCUT2D eigenvalue weighted by atomic mass is 28.3. The molecule has 42 heavy (non-hydrogen) atoms. The molecular weight excluding hydrogens is 537 g/mol. The zero-order chi connectivity index (χ0) is 28.7. The van der Waals surface area contributed by atoms with Gasteiger partial charge in [0, 0.05) is 0 Å². The van der Waals surface area contributed by atoms with Gasteiger partial charge in [0.2, 0.25) is 0 Å². The van der Waals surface area contributed by atoms with Crippen LogP contribution in [0.1, 0.15) is 13.3 Å². The van der Waals surface area contributed by atoms with Crippen LogP contribution in [0.25, 0.3) is 0 Å². The summed E-state index contributed by atoms with van der Waals surface area (Å²) in [7, 11) is -5.01. The summed E-state index contributed by atoms with van der Waals surface area (Å²) in [6.45, 7) is 2.43. The first-order chi connectivity index (χ1) is 20.8. The first-order valence-corrected chi connectivity index (χ1v) is 19.4. The standard InChI is InChI=1S/C40H38Si2/c1-2-34(42(38-27-15-6-16-28-38,39-29-17-7-18-30-39)40-31-19-8-20-32-40)33-41(35-21-9-3-10-22-35,36-23-11-4-12-24-36)37-25-13-5-14-26-37/h3-32,34H,2,33H2,1H3/t34-/m1/s1. The van der Waals surface area contributed by atoms with Crippen molar-refractivity contribution >= 4 is 47.3 Å². The molecule has 0 nitrogen and oxygen atoms in total. The van der Waals surface area contributed by atoms with Gasteiger partial charge in [-0.15, -0.1) is 0 Å². The van der Waals surface area contributed by atoms with Crippen LogP contribution in [0.2, 0.25) is 11.6 Å². The lowest BCUT2D eigenvalue weighted by Gasteiger charge is -2.45. The predicted molar refractivity (Wildman–Crippen MR) is 187 cm³/mol. The molecule has 2 heteroatoms. The molecule has 0 radical (unpaired) electrons. The molecular formula is C40H38Si2. The number of hydrogen-bond donors (Lipinski definition) is 0. The molecule has 0 bridgehead atoms. The van der Waals surface area contributed by atoms with Gasteiger partial charge in [0.15, 0.2) is 8.07 Å². The van der Waals surface area contributed by atoms with E-state index in [0.717, 1.165) is 12.5 Å². The third-order valence-corrected chi connectivity index (χ3v) is 20.2. The highest BCUT2D eigenvalue weighted by Gasteiger charge is 2.50. The summed E-state index contributed by atoms with van der Waals surface area (Å²) in [6, 6.07) is 69.8. The molecule has 0 aromatic heterocycles. The second-order valence-corrected chi connectivity index (χ2v) is 19.3. The van der Waals surface area contributed by atoms with E-state index in [1.165, 1.54) is 31.1 Å². The summed E-state index contributed by atoms with van der Waals surface area (Å²) in [5, 5.41) is 8.93. The van der Waals surface area contributed by atoms with Gasteiger partial charge in [0.05, 0.1) is 0 Å². The Hall–Kier alpha value is -4.25. The normalized spacial score (nSPS) is 12.5. The largest absolute Gasteiger partial charge is 0.151 e. The van der Waals surface area contributed by atoms with E-state index in [-0.39, 0.29) is 0 Å². The smallest absolute Gasteiger partial charge is 0.0654 e. The molecule has 0 saturated heterocycles. The van der Waals surface area contributed by atoms with E-state index in [1.54, 1.807) is 0 Å². The average molecular weight is 575 g/mol. The van der Waals surface area contributed by atoms with Crippen molar-refractivity contribution < 1.29 is 0 Å². The summed E-state index contributed by atoms with van der Waals surface area (Å²) < 4.78 is 0. The van der Waals surface area contributed by atoms with Gasteiger partial charge in [-0.2, -0.15) is 0 Å². The molecule has 1 atom stereocenters. The third-order valence-electron chi connectivity index (χ3n) is 9.14. The first kappa shape index (κ1) is 27.9. The fourth-order valence-corrected chi connectivity index (χ4v) is 19.6. The van der Waals surface area contributed by atoms with Crippen LogP contribution in [0.5, 0.6) is 0 Å². The van der Waals surface area contributed by atoms with E-state index in [9.17, 15) is 0 Å². The highest BCUT2D eigenvalue weighted by Crippen LogP contribution is 2.34. The summed E-state index contributed by atoms with van der Waals surface area (Å²) in [4.78, 5) is 0. The average Bonchev–Trinajstić information content (AvgIpc) is 3.09. The summed E-state index contributed by atoms with van der Waals surface area (Å²) >= 11 is 0. The topological polar surface area (TPSA) is 0 Å². The lowest BCUT2D eigenvalue weighted by Crippen LogP contribution is -2.74. The number of rotatable bonds is 10. The lowest BCUT2D eigenvalue weighted by molar-refractivity contribution is 0.846. The van der Waals surface area contributed by atoms with Gasteiger partial charge in [-0.3, -0.25) is 0 Å². The van der Waals surface area contributed by atoms with Crippen molar-refractivity contribution in [3.05, 3.63) is 182 Å². The van der Waals surface area contributed by atoms with Crippen molar-refractivity contribution in [1.82, 2.24) is 0 Å². The van der Waals surface area contributed by atoms with E-state index >= 15 is 0 Å². The van der Waals surface area contributed by atoms with Gasteiger partial charge >= 0.3 is 0 Å². The second kappa shape index (κ2) is 12.7. The third kappa shape index (κ3) is 5.02. The van der Waals surface area contributed by atoms with Crippen molar-refractivity contribution in [2.75, 3.05) is 0 Å². The van der Waals surface area contributed by atoms with E-state index in [1.807, 2.05) is 0 Å². The Bertz CT molecular complexity index is 1460. The van der Waals surface area contributed by atoms with Crippen LogP contribution in [0.3, 0.4) is 0 Å². The molecule has 6 aromatic carbocycles. The minimum absolute atomic E-state index is 0.456. The molecule has 0 amide bonds. The molecule has 0 N–H and O–H groups in total. The summed E-state index contributed by atoms with van der Waals surface area (Å²) in [6.07, 6.45) is 1.10. The minimum atomic E-state index is -2.53. The molecule has 0 heterocycles. The van der Waals surface area contributed by atoms with Crippen molar-refractivity contribution in [2.45, 2.75) is 24.9 Å². The van der Waals surface area contributed by atoms with Crippen LogP contribution in [0.15, 0.2) is 182 Å². The molecule has 6 aromatic rings. The van der Waals surface area contributed by atoms with Gasteiger partial charge < -0.3 is 0 Å². The van der Waals surface area contributed by atoms with Gasteiger partial charge in [-0.1, -0.05) is 195 Å². The molecule has 0 saturated carbocycles. The fraction of sp³-hybridized carbons (Fsp3) is 0.100. The Balaban J connectivity index is 1.69. The van der Waals surface area contributed by atoms with E-state index < -0.39 is 16.1 Å². The Morgan fingerprint density at radius 3 is 0.833 bits per heavy atom. The van der Waals surface area contributed by atoms with Crippen molar-refractivity contribution in [3.63, 3.8) is 0 Å². The SMILES string of the molecule is CC[C@H](C[Si](c1ccccc1)(c1ccccc1)c1ccccc1)[Si](c1ccccc1)(c1ccccc1)c1ccccc1. The zero-order valence-corrected chi connectivity index (χ0v) is 26.3. The molecule has 0 aliphatic rings. The van der Waals surface area contributed by atoms with Crippen LogP contribution in [0.4, 0.5) is 0 Å². The van der Waals surface area contributed by atoms with Crippen molar-refractivity contribution in [3.8, 4) is 0 Å². The molecule has 0 aliphatic heterocycles. The van der Waals surface area contributed by atoms with Crippen LogP contribution < -0.4 is 31.1 Å². The molecule has 0 spiro atoms. The summed E-state index contributed by atoms with van der Waals surface area (Å²) in [5.41, 5.74) is 0.456. The quantitative estimate of drug-likeness (QED) is 0.137. The first-order valence-electron chi connectivity index (χ1n) is 15.1. The maximum atomic E-state index is 2.43. The van der Waals surface area contributed by atoms with Crippen LogP contribution in [-0.2, 0) is 0 Å². The van der Waals surface area contributed by atoms with Gasteiger partial charge in [0.25, 0.3) is 0 Å². The van der Waals surface area contributed by atoms with Crippen molar-refractivity contribution in [1.29, 1.82) is 0 Å². The van der Waals surface area contributed by atoms with Crippen LogP contribution >= 0.6 is 0 Å². The molecule has 0 fully saturated rings. The number of benzene rings is 6. The summed E-state index contributed by atoms with van der Waals surface area (Å²) in [5.74, 6) is 0. The van der Waals surface area contributed by atoms with Crippen molar-refractivity contribution in [2.24, 2.45) is 0 Å². The molecule has 6 rings (SSSR count). The van der Waals surface area contributed by atoms with E-state index in [0.29, 0.717) is 5.54 Å². The van der Waals surface area contributed by atoms with Gasteiger partial charge in [0.1, 0.15) is 8.07 Å². The fourth-order valence-electron chi connectivity index (χ4n) is 7.31. The van der Waals surface area contributed by atoms with E-state index in [2.05, 4.69) is 189 Å². The van der Waals surface area contributed by atoms with Gasteiger partial charge in [-0.05, 0) is 42.7 Å². The Kier molecular flexibility index (Phi) is 8.46. The van der Waals surface area contributed by atoms with Crippen LogP contribution in [0, 0.1) is 0 Å². The lowest BCUT2D eigenvalue weighted by atomic mass is 10.3. The van der Waals surface area contributed by atoms with Crippen LogP contribution in [-0.4, -0.2) is 16.1 Å². The molecule has 0 aliphatic carbocycles. The minimum Gasteiger partial charge on any atom is -0.0654 e. The second-order valence-electron chi connectivity index (χ2n) is 11.2. The molecule has 0 unspecified atom stereocenters. The Morgan fingerprint density at radius 1 is 0.357 bits per heavy atom. The Labute approximate surface area is 253 Å².